The van der Waals surface area contributed by atoms with E-state index in [1.807, 2.05) is 61.5 Å². The van der Waals surface area contributed by atoms with Crippen LogP contribution >= 0.6 is 0 Å². The molecule has 0 aliphatic carbocycles. The Morgan fingerprint density at radius 2 is 1.76 bits per heavy atom. The van der Waals surface area contributed by atoms with Crippen molar-refractivity contribution in [2.45, 2.75) is 25.4 Å². The van der Waals surface area contributed by atoms with Crippen LogP contribution in [0.1, 0.15) is 30.5 Å². The Balaban J connectivity index is 1.50. The second-order valence-corrected chi connectivity index (χ2v) is 6.07. The van der Waals surface area contributed by atoms with Crippen LogP contribution in [0.3, 0.4) is 0 Å². The second-order valence-electron chi connectivity index (χ2n) is 6.07. The number of hydrogen-bond donors (Lipinski definition) is 3. The Bertz CT molecular complexity index is 756. The standard InChI is InChI=1S/C20H22N4O/c1-15(12-16-8-4-2-5-9-16)14-21-24-20(25)19-13-18(22-23-19)17-10-6-3-7-11-17/h2-12,14,18-19,22-23H,13H2,1H3,(H,24,25)/b15-12-,21-14+. The molecule has 1 saturated heterocycles. The molecule has 1 amide bonds. The molecule has 1 aliphatic heterocycles. The lowest BCUT2D eigenvalue weighted by Gasteiger charge is -2.08. The average molecular weight is 334 g/mol. The number of hydrogen-bond acceptors (Lipinski definition) is 4. The zero-order valence-corrected chi connectivity index (χ0v) is 14.1. The fraction of sp³-hybridized carbons (Fsp3) is 0.200. The maximum absolute atomic E-state index is 12.2. The molecule has 2 atom stereocenters. The first-order valence-electron chi connectivity index (χ1n) is 8.34. The molecule has 0 aromatic heterocycles. The summed E-state index contributed by atoms with van der Waals surface area (Å²) >= 11 is 0. The fourth-order valence-electron chi connectivity index (χ4n) is 2.76. The predicted molar refractivity (Wildman–Crippen MR) is 101 cm³/mol. The van der Waals surface area contributed by atoms with E-state index < -0.39 is 0 Å². The van der Waals surface area contributed by atoms with E-state index in [-0.39, 0.29) is 18.0 Å². The lowest BCUT2D eigenvalue weighted by molar-refractivity contribution is -0.122. The van der Waals surface area contributed by atoms with Crippen LogP contribution in [0.2, 0.25) is 0 Å². The molecule has 3 rings (SSSR count). The number of benzene rings is 2. The first-order valence-corrected chi connectivity index (χ1v) is 8.34. The van der Waals surface area contributed by atoms with Crippen molar-refractivity contribution in [1.82, 2.24) is 16.3 Å². The molecule has 2 aromatic rings. The highest BCUT2D eigenvalue weighted by Crippen LogP contribution is 2.21. The molecule has 0 bridgehead atoms. The topological polar surface area (TPSA) is 65.5 Å². The predicted octanol–water partition coefficient (Wildman–Crippen LogP) is 2.80. The van der Waals surface area contributed by atoms with Gasteiger partial charge in [0.15, 0.2) is 0 Å². The van der Waals surface area contributed by atoms with Crippen LogP contribution in [-0.4, -0.2) is 18.2 Å². The van der Waals surface area contributed by atoms with Gasteiger partial charge in [0, 0.05) is 6.04 Å². The molecule has 128 valence electrons. The summed E-state index contributed by atoms with van der Waals surface area (Å²) in [5.74, 6) is -0.144. The van der Waals surface area contributed by atoms with Gasteiger partial charge in [0.25, 0.3) is 5.91 Å². The van der Waals surface area contributed by atoms with E-state index in [0.717, 1.165) is 16.7 Å². The summed E-state index contributed by atoms with van der Waals surface area (Å²) in [6, 6.07) is 19.9. The molecule has 0 saturated carbocycles. The van der Waals surface area contributed by atoms with E-state index in [0.29, 0.717) is 6.42 Å². The summed E-state index contributed by atoms with van der Waals surface area (Å²) in [6.07, 6.45) is 4.35. The first-order chi connectivity index (χ1) is 12.2. The summed E-state index contributed by atoms with van der Waals surface area (Å²) in [6.45, 7) is 1.95. The summed E-state index contributed by atoms with van der Waals surface area (Å²) in [5, 5.41) is 4.05. The van der Waals surface area contributed by atoms with E-state index in [2.05, 4.69) is 33.5 Å². The number of rotatable bonds is 5. The summed E-state index contributed by atoms with van der Waals surface area (Å²) in [4.78, 5) is 12.2. The number of carbonyl (C=O) groups excluding carboxylic acids is 1. The molecule has 1 heterocycles. The van der Waals surface area contributed by atoms with Crippen LogP contribution < -0.4 is 16.3 Å². The number of hydrazine groups is 1. The maximum Gasteiger partial charge on any atom is 0.258 e. The Morgan fingerprint density at radius 1 is 1.08 bits per heavy atom. The van der Waals surface area contributed by atoms with Gasteiger partial charge in [-0.1, -0.05) is 66.7 Å². The number of hydrazone groups is 1. The van der Waals surface area contributed by atoms with Crippen LogP contribution in [-0.2, 0) is 4.79 Å². The van der Waals surface area contributed by atoms with Crippen molar-refractivity contribution in [3.8, 4) is 0 Å². The second kappa shape index (κ2) is 8.37. The van der Waals surface area contributed by atoms with Crippen LogP contribution in [0.15, 0.2) is 71.3 Å². The van der Waals surface area contributed by atoms with Crippen molar-refractivity contribution < 1.29 is 4.79 Å². The highest BCUT2D eigenvalue weighted by Gasteiger charge is 2.29. The highest BCUT2D eigenvalue weighted by molar-refractivity contribution is 5.87. The van der Waals surface area contributed by atoms with E-state index in [9.17, 15) is 4.79 Å². The zero-order valence-electron chi connectivity index (χ0n) is 14.1. The lowest BCUT2D eigenvalue weighted by Crippen LogP contribution is -2.41. The molecule has 2 unspecified atom stereocenters. The van der Waals surface area contributed by atoms with Gasteiger partial charge in [-0.2, -0.15) is 5.10 Å². The first kappa shape index (κ1) is 17.1. The Morgan fingerprint density at radius 3 is 2.48 bits per heavy atom. The molecule has 1 fully saturated rings. The van der Waals surface area contributed by atoms with E-state index >= 15 is 0 Å². The quantitative estimate of drug-likeness (QED) is 0.582. The van der Waals surface area contributed by atoms with Gasteiger partial charge in [0.1, 0.15) is 6.04 Å². The minimum atomic E-state index is -0.305. The molecule has 25 heavy (non-hydrogen) atoms. The average Bonchev–Trinajstić information content (AvgIpc) is 3.13. The van der Waals surface area contributed by atoms with E-state index in [1.54, 1.807) is 6.21 Å². The third kappa shape index (κ3) is 4.86. The maximum atomic E-state index is 12.2. The van der Waals surface area contributed by atoms with Gasteiger partial charge in [0.05, 0.1) is 6.21 Å². The van der Waals surface area contributed by atoms with Crippen molar-refractivity contribution in [3.05, 3.63) is 77.4 Å². The normalized spacial score (nSPS) is 20.8. The largest absolute Gasteiger partial charge is 0.271 e. The van der Waals surface area contributed by atoms with E-state index in [4.69, 9.17) is 0 Å². The van der Waals surface area contributed by atoms with Crippen LogP contribution in [0.25, 0.3) is 6.08 Å². The van der Waals surface area contributed by atoms with Crippen LogP contribution in [0.4, 0.5) is 0 Å². The van der Waals surface area contributed by atoms with Gasteiger partial charge in [-0.3, -0.25) is 4.79 Å². The van der Waals surface area contributed by atoms with Crippen molar-refractivity contribution >= 4 is 18.2 Å². The molecule has 1 aliphatic rings. The van der Waals surface area contributed by atoms with Crippen molar-refractivity contribution in [2.75, 3.05) is 0 Å². The number of allylic oxidation sites excluding steroid dienone is 1. The SMILES string of the molecule is CC(=C/c1ccccc1)/C=N/NC(=O)C1CC(c2ccccc2)NN1. The molecule has 5 nitrogen and oxygen atoms in total. The van der Waals surface area contributed by atoms with Crippen molar-refractivity contribution in [2.24, 2.45) is 5.10 Å². The highest BCUT2D eigenvalue weighted by atomic mass is 16.2. The van der Waals surface area contributed by atoms with Crippen molar-refractivity contribution in [1.29, 1.82) is 0 Å². The van der Waals surface area contributed by atoms with E-state index in [1.165, 1.54) is 0 Å². The molecule has 3 N–H and O–H groups in total. The number of amides is 1. The number of carbonyl (C=O) groups is 1. The van der Waals surface area contributed by atoms with Gasteiger partial charge >= 0.3 is 0 Å². The van der Waals surface area contributed by atoms with Gasteiger partial charge in [-0.15, -0.1) is 0 Å². The summed E-state index contributed by atoms with van der Waals surface area (Å²) in [5.41, 5.74) is 12.0. The molecule has 2 aromatic carbocycles. The third-order valence-electron chi connectivity index (χ3n) is 4.06. The number of nitrogens with zero attached hydrogens (tertiary/aromatic N) is 1. The Kier molecular flexibility index (Phi) is 5.72. The van der Waals surface area contributed by atoms with Gasteiger partial charge in [0.2, 0.25) is 0 Å². The smallest absolute Gasteiger partial charge is 0.258 e. The Labute approximate surface area is 147 Å². The van der Waals surface area contributed by atoms with Gasteiger partial charge < -0.3 is 0 Å². The molecular formula is C20H22N4O. The molecular weight excluding hydrogens is 312 g/mol. The molecule has 5 heteroatoms. The van der Waals surface area contributed by atoms with Gasteiger partial charge in [-0.05, 0) is 30.0 Å². The lowest BCUT2D eigenvalue weighted by atomic mass is 10.0. The van der Waals surface area contributed by atoms with Crippen LogP contribution in [0.5, 0.6) is 0 Å². The Hall–Kier alpha value is -2.76. The summed E-state index contributed by atoms with van der Waals surface area (Å²) in [7, 11) is 0. The van der Waals surface area contributed by atoms with Crippen LogP contribution in [0, 0.1) is 0 Å². The summed E-state index contributed by atoms with van der Waals surface area (Å²) < 4.78 is 0. The number of nitrogens with one attached hydrogen (secondary N) is 3. The third-order valence-corrected chi connectivity index (χ3v) is 4.06. The molecule has 0 spiro atoms. The minimum absolute atomic E-state index is 0.126. The van der Waals surface area contributed by atoms with Gasteiger partial charge in [-0.25, -0.2) is 16.3 Å². The minimum Gasteiger partial charge on any atom is -0.271 e. The van der Waals surface area contributed by atoms with Crippen molar-refractivity contribution in [3.63, 3.8) is 0 Å². The monoisotopic (exact) mass is 334 g/mol. The fourth-order valence-corrected chi connectivity index (χ4v) is 2.76. The zero-order chi connectivity index (χ0) is 17.5. The molecule has 0 radical (unpaired) electrons.